The Labute approximate surface area is 147 Å². The summed E-state index contributed by atoms with van der Waals surface area (Å²) < 4.78 is 0. The van der Waals surface area contributed by atoms with Crippen molar-refractivity contribution in [3.05, 3.63) is 30.3 Å². The summed E-state index contributed by atoms with van der Waals surface area (Å²) in [5.41, 5.74) is 1.33. The standard InChI is InChI=1S/C19H33N5/c1-5-20-19(22-16(2)3)21-15-17(4)23-11-13-24(14-12-23)18-9-7-6-8-10-18/h6-10,16-17H,5,11-15H2,1-4H3,(H2,20,21,22). The number of rotatable bonds is 6. The first-order chi connectivity index (χ1) is 11.6. The van der Waals surface area contributed by atoms with Crippen molar-refractivity contribution in [2.75, 3.05) is 44.2 Å². The molecule has 0 saturated carbocycles. The Bertz CT molecular complexity index is 492. The quantitative estimate of drug-likeness (QED) is 0.619. The number of benzene rings is 1. The minimum atomic E-state index is 0.396. The molecule has 1 aromatic carbocycles. The maximum atomic E-state index is 4.75. The van der Waals surface area contributed by atoms with Gasteiger partial charge in [0, 0.05) is 50.5 Å². The van der Waals surface area contributed by atoms with Crippen molar-refractivity contribution in [1.29, 1.82) is 0 Å². The van der Waals surface area contributed by atoms with Crippen LogP contribution in [-0.2, 0) is 0 Å². The van der Waals surface area contributed by atoms with Crippen LogP contribution in [0.3, 0.4) is 0 Å². The zero-order valence-electron chi connectivity index (χ0n) is 15.6. The van der Waals surface area contributed by atoms with E-state index < -0.39 is 0 Å². The molecule has 1 aliphatic rings. The average molecular weight is 332 g/mol. The molecule has 0 radical (unpaired) electrons. The summed E-state index contributed by atoms with van der Waals surface area (Å²) in [7, 11) is 0. The third-order valence-corrected chi connectivity index (χ3v) is 4.34. The molecule has 1 heterocycles. The highest BCUT2D eigenvalue weighted by Crippen LogP contribution is 2.16. The molecule has 1 aromatic rings. The van der Waals surface area contributed by atoms with Crippen molar-refractivity contribution in [3.63, 3.8) is 0 Å². The van der Waals surface area contributed by atoms with Crippen LogP contribution in [0.2, 0.25) is 0 Å². The lowest BCUT2D eigenvalue weighted by Crippen LogP contribution is -2.50. The van der Waals surface area contributed by atoms with Crippen LogP contribution in [0.1, 0.15) is 27.7 Å². The van der Waals surface area contributed by atoms with Gasteiger partial charge in [-0.2, -0.15) is 0 Å². The van der Waals surface area contributed by atoms with E-state index in [0.717, 1.165) is 45.2 Å². The molecular formula is C19H33N5. The molecule has 0 aromatic heterocycles. The first kappa shape index (κ1) is 18.6. The number of para-hydroxylation sites is 1. The van der Waals surface area contributed by atoms with E-state index in [1.165, 1.54) is 5.69 Å². The van der Waals surface area contributed by atoms with Crippen LogP contribution in [0.15, 0.2) is 35.3 Å². The number of nitrogens with zero attached hydrogens (tertiary/aromatic N) is 3. The summed E-state index contributed by atoms with van der Waals surface area (Å²) >= 11 is 0. The number of aliphatic imine (C=N–C) groups is 1. The fraction of sp³-hybridized carbons (Fsp3) is 0.632. The molecule has 2 N–H and O–H groups in total. The number of nitrogens with one attached hydrogen (secondary N) is 2. The molecule has 1 saturated heterocycles. The summed E-state index contributed by atoms with van der Waals surface area (Å²) in [5.74, 6) is 0.919. The van der Waals surface area contributed by atoms with Gasteiger partial charge in [0.05, 0.1) is 6.54 Å². The lowest BCUT2D eigenvalue weighted by atomic mass is 10.2. The molecule has 5 heteroatoms. The summed E-state index contributed by atoms with van der Waals surface area (Å²) in [6.07, 6.45) is 0. The molecule has 0 aliphatic carbocycles. The fourth-order valence-corrected chi connectivity index (χ4v) is 2.99. The fourth-order valence-electron chi connectivity index (χ4n) is 2.99. The first-order valence-electron chi connectivity index (χ1n) is 9.19. The molecular weight excluding hydrogens is 298 g/mol. The maximum absolute atomic E-state index is 4.75. The van der Waals surface area contributed by atoms with Gasteiger partial charge < -0.3 is 15.5 Å². The molecule has 24 heavy (non-hydrogen) atoms. The van der Waals surface area contributed by atoms with Gasteiger partial charge in [0.1, 0.15) is 0 Å². The van der Waals surface area contributed by atoms with Gasteiger partial charge in [-0.25, -0.2) is 0 Å². The van der Waals surface area contributed by atoms with Crippen molar-refractivity contribution in [2.24, 2.45) is 4.99 Å². The Morgan fingerprint density at radius 3 is 2.33 bits per heavy atom. The maximum Gasteiger partial charge on any atom is 0.191 e. The zero-order chi connectivity index (χ0) is 17.4. The van der Waals surface area contributed by atoms with E-state index in [4.69, 9.17) is 4.99 Å². The van der Waals surface area contributed by atoms with Crippen LogP contribution in [0.4, 0.5) is 5.69 Å². The summed E-state index contributed by atoms with van der Waals surface area (Å²) in [5, 5.41) is 6.69. The van der Waals surface area contributed by atoms with Gasteiger partial charge in [-0.1, -0.05) is 18.2 Å². The molecule has 5 nitrogen and oxygen atoms in total. The van der Waals surface area contributed by atoms with Gasteiger partial charge >= 0.3 is 0 Å². The second-order valence-corrected chi connectivity index (χ2v) is 6.73. The van der Waals surface area contributed by atoms with Crippen LogP contribution < -0.4 is 15.5 Å². The highest BCUT2D eigenvalue weighted by molar-refractivity contribution is 5.80. The number of hydrogen-bond donors (Lipinski definition) is 2. The Morgan fingerprint density at radius 1 is 1.08 bits per heavy atom. The van der Waals surface area contributed by atoms with E-state index in [-0.39, 0.29) is 0 Å². The molecule has 1 aliphatic heterocycles. The predicted molar refractivity (Wildman–Crippen MR) is 104 cm³/mol. The number of guanidine groups is 1. The minimum absolute atomic E-state index is 0.396. The zero-order valence-corrected chi connectivity index (χ0v) is 15.6. The molecule has 2 rings (SSSR count). The van der Waals surface area contributed by atoms with E-state index in [9.17, 15) is 0 Å². The molecule has 0 amide bonds. The summed E-state index contributed by atoms with van der Waals surface area (Å²) in [6.45, 7) is 14.7. The van der Waals surface area contributed by atoms with Crippen LogP contribution in [-0.4, -0.2) is 62.2 Å². The normalized spacial score (nSPS) is 17.9. The lowest BCUT2D eigenvalue weighted by Gasteiger charge is -2.38. The first-order valence-corrected chi connectivity index (χ1v) is 9.19. The smallest absolute Gasteiger partial charge is 0.191 e. The van der Waals surface area contributed by atoms with E-state index in [0.29, 0.717) is 12.1 Å². The van der Waals surface area contributed by atoms with E-state index in [1.807, 2.05) is 0 Å². The van der Waals surface area contributed by atoms with Gasteiger partial charge in [-0.15, -0.1) is 0 Å². The van der Waals surface area contributed by atoms with Crippen molar-refractivity contribution >= 4 is 11.6 Å². The minimum Gasteiger partial charge on any atom is -0.369 e. The third kappa shape index (κ3) is 5.71. The van der Waals surface area contributed by atoms with E-state index in [2.05, 4.69) is 78.5 Å². The lowest BCUT2D eigenvalue weighted by molar-refractivity contribution is 0.201. The Balaban J connectivity index is 1.82. The number of hydrogen-bond acceptors (Lipinski definition) is 3. The monoisotopic (exact) mass is 331 g/mol. The molecule has 134 valence electrons. The van der Waals surface area contributed by atoms with Gasteiger partial charge in [0.25, 0.3) is 0 Å². The summed E-state index contributed by atoms with van der Waals surface area (Å²) in [4.78, 5) is 9.76. The second kappa shape index (κ2) is 9.52. The highest BCUT2D eigenvalue weighted by Gasteiger charge is 2.21. The molecule has 1 unspecified atom stereocenters. The van der Waals surface area contributed by atoms with Gasteiger partial charge in [-0.3, -0.25) is 9.89 Å². The van der Waals surface area contributed by atoms with Crippen molar-refractivity contribution in [2.45, 2.75) is 39.8 Å². The highest BCUT2D eigenvalue weighted by atomic mass is 15.3. The summed E-state index contributed by atoms with van der Waals surface area (Å²) in [6, 6.07) is 11.6. The third-order valence-electron chi connectivity index (χ3n) is 4.34. The second-order valence-electron chi connectivity index (χ2n) is 6.73. The SMILES string of the molecule is CCNC(=NCC(C)N1CCN(c2ccccc2)CC1)NC(C)C. The molecule has 0 spiro atoms. The topological polar surface area (TPSA) is 42.9 Å². The number of anilines is 1. The van der Waals surface area contributed by atoms with Crippen LogP contribution in [0.5, 0.6) is 0 Å². The van der Waals surface area contributed by atoms with Crippen molar-refractivity contribution in [1.82, 2.24) is 15.5 Å². The number of piperazine rings is 1. The molecule has 1 atom stereocenters. The Hall–Kier alpha value is -1.75. The van der Waals surface area contributed by atoms with Crippen molar-refractivity contribution < 1.29 is 0 Å². The van der Waals surface area contributed by atoms with Crippen LogP contribution in [0.25, 0.3) is 0 Å². The predicted octanol–water partition coefficient (Wildman–Crippen LogP) is 2.16. The van der Waals surface area contributed by atoms with Crippen LogP contribution in [0, 0.1) is 0 Å². The largest absolute Gasteiger partial charge is 0.369 e. The Kier molecular flexibility index (Phi) is 7.37. The van der Waals surface area contributed by atoms with Gasteiger partial charge in [-0.05, 0) is 39.8 Å². The van der Waals surface area contributed by atoms with Gasteiger partial charge in [0.2, 0.25) is 0 Å². The van der Waals surface area contributed by atoms with E-state index in [1.54, 1.807) is 0 Å². The van der Waals surface area contributed by atoms with Crippen LogP contribution >= 0.6 is 0 Å². The Morgan fingerprint density at radius 2 is 1.75 bits per heavy atom. The van der Waals surface area contributed by atoms with Gasteiger partial charge in [0.15, 0.2) is 5.96 Å². The molecule has 1 fully saturated rings. The van der Waals surface area contributed by atoms with E-state index >= 15 is 0 Å². The van der Waals surface area contributed by atoms with Crippen molar-refractivity contribution in [3.8, 4) is 0 Å². The molecule has 0 bridgehead atoms. The average Bonchev–Trinajstić information content (AvgIpc) is 2.60.